The summed E-state index contributed by atoms with van der Waals surface area (Å²) in [4.78, 5) is 5.33. The predicted octanol–water partition coefficient (Wildman–Crippen LogP) is 2.73. The predicted molar refractivity (Wildman–Crippen MR) is 64.0 cm³/mol. The lowest BCUT2D eigenvalue weighted by Crippen LogP contribution is -2.02. The van der Waals surface area contributed by atoms with Crippen LogP contribution >= 0.6 is 11.3 Å². The molecule has 17 heavy (non-hydrogen) atoms. The Balaban J connectivity index is 2.13. The lowest BCUT2D eigenvalue weighted by atomic mass is 10.1. The quantitative estimate of drug-likeness (QED) is 0.907. The van der Waals surface area contributed by atoms with E-state index < -0.39 is 11.6 Å². The van der Waals surface area contributed by atoms with Gasteiger partial charge in [0.25, 0.3) is 0 Å². The van der Waals surface area contributed by atoms with E-state index >= 15 is 0 Å². The standard InChI is InChI=1S/C12H12F2N2S/c1-15-6-11-7-16-12(17-11)4-8-2-9(13)5-10(14)3-8/h2-3,5,7,15H,4,6H2,1H3. The van der Waals surface area contributed by atoms with Crippen LogP contribution in [0.1, 0.15) is 15.4 Å². The van der Waals surface area contributed by atoms with Gasteiger partial charge in [-0.25, -0.2) is 13.8 Å². The Morgan fingerprint density at radius 1 is 1.24 bits per heavy atom. The van der Waals surface area contributed by atoms with Gasteiger partial charge in [-0.15, -0.1) is 11.3 Å². The van der Waals surface area contributed by atoms with Gasteiger partial charge in [0.2, 0.25) is 0 Å². The van der Waals surface area contributed by atoms with Crippen molar-refractivity contribution >= 4 is 11.3 Å². The highest BCUT2D eigenvalue weighted by molar-refractivity contribution is 7.11. The molecule has 0 saturated heterocycles. The van der Waals surface area contributed by atoms with Crippen molar-refractivity contribution in [3.63, 3.8) is 0 Å². The average molecular weight is 254 g/mol. The van der Waals surface area contributed by atoms with Crippen LogP contribution in [0.4, 0.5) is 8.78 Å². The SMILES string of the molecule is CNCc1cnc(Cc2cc(F)cc(F)c2)s1. The summed E-state index contributed by atoms with van der Waals surface area (Å²) in [6.45, 7) is 0.759. The number of rotatable bonds is 4. The number of hydrogen-bond acceptors (Lipinski definition) is 3. The van der Waals surface area contributed by atoms with Crippen molar-refractivity contribution in [2.75, 3.05) is 7.05 Å². The van der Waals surface area contributed by atoms with Gasteiger partial charge in [-0.3, -0.25) is 0 Å². The van der Waals surface area contributed by atoms with Crippen molar-refractivity contribution in [1.82, 2.24) is 10.3 Å². The Hall–Kier alpha value is -1.33. The van der Waals surface area contributed by atoms with Gasteiger partial charge in [0, 0.05) is 30.1 Å². The smallest absolute Gasteiger partial charge is 0.126 e. The number of nitrogens with zero attached hydrogens (tertiary/aromatic N) is 1. The molecular weight excluding hydrogens is 242 g/mol. The van der Waals surface area contributed by atoms with E-state index in [2.05, 4.69) is 10.3 Å². The summed E-state index contributed by atoms with van der Waals surface area (Å²) in [6.07, 6.45) is 2.25. The van der Waals surface area contributed by atoms with E-state index in [-0.39, 0.29) is 0 Å². The Morgan fingerprint density at radius 2 is 1.94 bits per heavy atom. The maximum Gasteiger partial charge on any atom is 0.126 e. The van der Waals surface area contributed by atoms with Gasteiger partial charge in [0.1, 0.15) is 11.6 Å². The van der Waals surface area contributed by atoms with Crippen LogP contribution in [0, 0.1) is 11.6 Å². The zero-order valence-corrected chi connectivity index (χ0v) is 10.2. The molecule has 0 atom stereocenters. The number of hydrogen-bond donors (Lipinski definition) is 1. The Morgan fingerprint density at radius 3 is 2.59 bits per heavy atom. The molecule has 0 aliphatic carbocycles. The fourth-order valence-electron chi connectivity index (χ4n) is 1.57. The molecule has 1 N–H and O–H groups in total. The summed E-state index contributed by atoms with van der Waals surface area (Å²) >= 11 is 1.55. The van der Waals surface area contributed by atoms with Crippen LogP contribution in [0.2, 0.25) is 0 Å². The maximum atomic E-state index is 13.0. The Kier molecular flexibility index (Phi) is 3.81. The van der Waals surface area contributed by atoms with E-state index in [0.717, 1.165) is 22.5 Å². The van der Waals surface area contributed by atoms with Gasteiger partial charge in [-0.05, 0) is 24.7 Å². The number of benzene rings is 1. The second-order valence-electron chi connectivity index (χ2n) is 3.71. The van der Waals surface area contributed by atoms with E-state index in [1.165, 1.54) is 12.1 Å². The molecule has 0 aliphatic rings. The zero-order valence-electron chi connectivity index (χ0n) is 9.34. The molecule has 0 fully saturated rings. The highest BCUT2D eigenvalue weighted by atomic mass is 32.1. The van der Waals surface area contributed by atoms with Crippen molar-refractivity contribution in [3.8, 4) is 0 Å². The van der Waals surface area contributed by atoms with Crippen LogP contribution in [-0.4, -0.2) is 12.0 Å². The van der Waals surface area contributed by atoms with E-state index in [0.29, 0.717) is 12.0 Å². The third kappa shape index (κ3) is 3.31. The van der Waals surface area contributed by atoms with E-state index in [9.17, 15) is 8.78 Å². The van der Waals surface area contributed by atoms with E-state index in [1.54, 1.807) is 17.5 Å². The minimum Gasteiger partial charge on any atom is -0.315 e. The second kappa shape index (κ2) is 5.33. The first-order valence-electron chi connectivity index (χ1n) is 5.20. The minimum absolute atomic E-state index is 0.461. The molecule has 0 amide bonds. The molecule has 2 rings (SSSR count). The lowest BCUT2D eigenvalue weighted by Gasteiger charge is -1.99. The highest BCUT2D eigenvalue weighted by Crippen LogP contribution is 2.18. The van der Waals surface area contributed by atoms with Crippen molar-refractivity contribution < 1.29 is 8.78 Å². The third-order valence-electron chi connectivity index (χ3n) is 2.23. The molecule has 2 aromatic rings. The lowest BCUT2D eigenvalue weighted by molar-refractivity contribution is 0.580. The topological polar surface area (TPSA) is 24.9 Å². The van der Waals surface area contributed by atoms with Crippen molar-refractivity contribution in [2.24, 2.45) is 0 Å². The number of aromatic nitrogens is 1. The number of nitrogens with one attached hydrogen (secondary N) is 1. The van der Waals surface area contributed by atoms with Crippen LogP contribution in [0.3, 0.4) is 0 Å². The molecule has 1 aromatic heterocycles. The zero-order chi connectivity index (χ0) is 12.3. The Bertz CT molecular complexity index is 491. The summed E-state index contributed by atoms with van der Waals surface area (Å²) < 4.78 is 26.0. The summed E-state index contributed by atoms with van der Waals surface area (Å²) in [6, 6.07) is 3.54. The van der Waals surface area contributed by atoms with Gasteiger partial charge in [-0.1, -0.05) is 0 Å². The molecule has 1 aromatic carbocycles. The summed E-state index contributed by atoms with van der Waals surface area (Å²) in [5, 5.41) is 3.89. The van der Waals surface area contributed by atoms with Crippen LogP contribution < -0.4 is 5.32 Å². The first-order chi connectivity index (χ1) is 8.17. The van der Waals surface area contributed by atoms with Crippen molar-refractivity contribution in [2.45, 2.75) is 13.0 Å². The van der Waals surface area contributed by atoms with Crippen molar-refractivity contribution in [3.05, 3.63) is 51.5 Å². The summed E-state index contributed by atoms with van der Waals surface area (Å²) in [5.41, 5.74) is 0.604. The van der Waals surface area contributed by atoms with Crippen LogP contribution in [0.5, 0.6) is 0 Å². The molecule has 1 heterocycles. The molecule has 0 spiro atoms. The van der Waals surface area contributed by atoms with Gasteiger partial charge >= 0.3 is 0 Å². The molecule has 0 aliphatic heterocycles. The monoisotopic (exact) mass is 254 g/mol. The van der Waals surface area contributed by atoms with Gasteiger partial charge < -0.3 is 5.32 Å². The van der Waals surface area contributed by atoms with Gasteiger partial charge in [0.15, 0.2) is 0 Å². The van der Waals surface area contributed by atoms with E-state index in [4.69, 9.17) is 0 Å². The fourth-order valence-corrected chi connectivity index (χ4v) is 2.54. The molecular formula is C12H12F2N2S. The van der Waals surface area contributed by atoms with Crippen LogP contribution in [0.25, 0.3) is 0 Å². The minimum atomic E-state index is -0.549. The molecule has 2 nitrogen and oxygen atoms in total. The molecule has 0 saturated carbocycles. The van der Waals surface area contributed by atoms with Crippen LogP contribution in [-0.2, 0) is 13.0 Å². The van der Waals surface area contributed by atoms with Gasteiger partial charge in [0.05, 0.1) is 5.01 Å². The molecule has 90 valence electrons. The van der Waals surface area contributed by atoms with Crippen LogP contribution in [0.15, 0.2) is 24.4 Å². The molecule has 0 bridgehead atoms. The molecule has 5 heteroatoms. The maximum absolute atomic E-state index is 13.0. The van der Waals surface area contributed by atoms with Crippen molar-refractivity contribution in [1.29, 1.82) is 0 Å². The van der Waals surface area contributed by atoms with Gasteiger partial charge in [-0.2, -0.15) is 0 Å². The highest BCUT2D eigenvalue weighted by Gasteiger charge is 2.05. The first kappa shape index (κ1) is 12.1. The largest absolute Gasteiger partial charge is 0.315 e. The normalized spacial score (nSPS) is 10.8. The second-order valence-corrected chi connectivity index (χ2v) is 4.90. The number of thiazole rings is 1. The number of halogens is 2. The molecule has 0 unspecified atom stereocenters. The average Bonchev–Trinajstić information content (AvgIpc) is 2.64. The molecule has 0 radical (unpaired) electrons. The summed E-state index contributed by atoms with van der Waals surface area (Å²) in [7, 11) is 1.86. The summed E-state index contributed by atoms with van der Waals surface area (Å²) in [5.74, 6) is -1.10. The van der Waals surface area contributed by atoms with E-state index in [1.807, 2.05) is 7.05 Å². The fraction of sp³-hybridized carbons (Fsp3) is 0.250. The Labute approximate surface area is 102 Å². The first-order valence-corrected chi connectivity index (χ1v) is 6.02. The third-order valence-corrected chi connectivity index (χ3v) is 3.23.